The van der Waals surface area contributed by atoms with E-state index in [-0.39, 0.29) is 17.7 Å². The molecule has 214 valence electrons. The summed E-state index contributed by atoms with van der Waals surface area (Å²) in [6, 6.07) is 4.81. The Hall–Kier alpha value is -4.46. The van der Waals surface area contributed by atoms with E-state index in [2.05, 4.69) is 20.3 Å². The highest BCUT2D eigenvalue weighted by Crippen LogP contribution is 2.22. The van der Waals surface area contributed by atoms with Gasteiger partial charge < -0.3 is 36.4 Å². The summed E-state index contributed by atoms with van der Waals surface area (Å²) in [7, 11) is 1.62. The van der Waals surface area contributed by atoms with E-state index < -0.39 is 24.8 Å². The molecule has 0 radical (unpaired) electrons. The van der Waals surface area contributed by atoms with Crippen molar-refractivity contribution in [3.63, 3.8) is 0 Å². The molecule has 2 unspecified atom stereocenters. The third-order valence-electron chi connectivity index (χ3n) is 6.02. The lowest BCUT2D eigenvalue weighted by Gasteiger charge is -2.18. The number of imidazole rings is 1. The highest BCUT2D eigenvalue weighted by molar-refractivity contribution is 6.01. The van der Waals surface area contributed by atoms with Gasteiger partial charge in [-0.1, -0.05) is 12.1 Å². The molecule has 2 aromatic rings. The predicted octanol–water partition coefficient (Wildman–Crippen LogP) is 3.34. The first kappa shape index (κ1) is 30.1. The van der Waals surface area contributed by atoms with Crippen molar-refractivity contribution < 1.29 is 27.5 Å². The number of urea groups is 1. The lowest BCUT2D eigenvalue weighted by molar-refractivity contribution is -0.131. The first-order valence-corrected chi connectivity index (χ1v) is 12.3. The lowest BCUT2D eigenvalue weighted by atomic mass is 10.1. The number of aliphatic imine (C=N–C) groups is 1. The number of methoxy groups -OCH3 is 1. The van der Waals surface area contributed by atoms with Crippen molar-refractivity contribution in [2.24, 2.45) is 10.7 Å². The van der Waals surface area contributed by atoms with Crippen molar-refractivity contribution in [1.29, 1.82) is 5.41 Å². The highest BCUT2D eigenvalue weighted by Gasteiger charge is 2.29. The van der Waals surface area contributed by atoms with Crippen molar-refractivity contribution >= 4 is 36.1 Å². The fraction of sp³-hybridized carbons (Fsp3) is 0.346. The Bertz CT molecular complexity index is 1300. The molecular weight excluding hydrogens is 529 g/mol. The number of alkyl halides is 3. The smallest absolute Gasteiger partial charge is 0.404 e. The number of ether oxygens (including phenoxy) is 1. The Balaban J connectivity index is 1.68. The maximum Gasteiger partial charge on any atom is 0.405 e. The molecule has 0 bridgehead atoms. The minimum atomic E-state index is -4.52. The summed E-state index contributed by atoms with van der Waals surface area (Å²) >= 11 is 0. The van der Waals surface area contributed by atoms with E-state index in [0.29, 0.717) is 41.3 Å². The van der Waals surface area contributed by atoms with Crippen LogP contribution in [0.4, 0.5) is 23.7 Å². The Morgan fingerprint density at radius 2 is 2.15 bits per heavy atom. The van der Waals surface area contributed by atoms with Gasteiger partial charge in [0, 0.05) is 61.2 Å². The number of likely N-dealkylation sites (tertiary alicyclic amines) is 1. The molecule has 1 aliphatic heterocycles. The number of nitrogens with zero attached hydrogens (tertiary/aromatic N) is 3. The quantitative estimate of drug-likeness (QED) is 0.222. The zero-order chi connectivity index (χ0) is 29.3. The average molecular weight is 561 g/mol. The Morgan fingerprint density at radius 1 is 1.38 bits per heavy atom. The molecule has 1 aromatic heterocycles. The highest BCUT2D eigenvalue weighted by atomic mass is 19.4. The minimum absolute atomic E-state index is 0.0202. The summed E-state index contributed by atoms with van der Waals surface area (Å²) in [5.41, 5.74) is 8.01. The van der Waals surface area contributed by atoms with E-state index >= 15 is 0 Å². The summed E-state index contributed by atoms with van der Waals surface area (Å²) < 4.78 is 42.2. The SMILES string of the molecule is COC1CCN(C(=O)C(C)N=CC(=CN)/C(C=N)=C/c2ncc(-c3cccc(NC(=O)NCC(F)(F)F)c3)[nH]2)C1. The topological polar surface area (TPSA) is 162 Å². The first-order valence-electron chi connectivity index (χ1n) is 12.3. The Kier molecular flexibility index (Phi) is 10.2. The van der Waals surface area contributed by atoms with Gasteiger partial charge in [-0.3, -0.25) is 9.79 Å². The van der Waals surface area contributed by atoms with E-state index in [1.165, 1.54) is 24.7 Å². The number of hydrogen-bond acceptors (Lipinski definition) is 7. The first-order chi connectivity index (χ1) is 19.0. The molecule has 0 spiro atoms. The van der Waals surface area contributed by atoms with Gasteiger partial charge in [-0.25, -0.2) is 9.78 Å². The molecule has 0 aliphatic carbocycles. The number of allylic oxidation sites excluding steroid dienone is 2. The van der Waals surface area contributed by atoms with Gasteiger partial charge >= 0.3 is 12.2 Å². The molecular formula is C26H31F3N8O3. The second-order valence-corrected chi connectivity index (χ2v) is 8.94. The maximum absolute atomic E-state index is 12.7. The van der Waals surface area contributed by atoms with Crippen LogP contribution in [-0.4, -0.2) is 84.3 Å². The number of nitrogens with one attached hydrogen (secondary N) is 4. The Morgan fingerprint density at radius 3 is 2.80 bits per heavy atom. The molecule has 0 saturated carbocycles. The summed E-state index contributed by atoms with van der Waals surface area (Å²) in [5, 5.41) is 11.9. The molecule has 14 heteroatoms. The second kappa shape index (κ2) is 13.6. The van der Waals surface area contributed by atoms with Crippen molar-refractivity contribution in [3.8, 4) is 11.3 Å². The van der Waals surface area contributed by atoms with Crippen LogP contribution in [0.15, 0.2) is 52.8 Å². The van der Waals surface area contributed by atoms with E-state index in [1.54, 1.807) is 48.5 Å². The monoisotopic (exact) mass is 560 g/mol. The van der Waals surface area contributed by atoms with E-state index in [9.17, 15) is 22.8 Å². The number of hydrogen-bond donors (Lipinski definition) is 5. The van der Waals surface area contributed by atoms with Gasteiger partial charge in [0.25, 0.3) is 0 Å². The average Bonchev–Trinajstić information content (AvgIpc) is 3.61. The molecule has 1 aliphatic rings. The number of aromatic amines is 1. The number of amides is 3. The van der Waals surface area contributed by atoms with E-state index in [4.69, 9.17) is 15.9 Å². The number of benzene rings is 1. The van der Waals surface area contributed by atoms with E-state index in [0.717, 1.165) is 12.6 Å². The van der Waals surface area contributed by atoms with Crippen molar-refractivity contribution in [1.82, 2.24) is 20.2 Å². The normalized spacial score (nSPS) is 17.2. The van der Waals surface area contributed by atoms with Gasteiger partial charge in [0.15, 0.2) is 0 Å². The summed E-state index contributed by atoms with van der Waals surface area (Å²) in [6.45, 7) is 1.36. The number of halogens is 3. The van der Waals surface area contributed by atoms with Crippen molar-refractivity contribution in [3.05, 3.63) is 53.6 Å². The molecule has 1 saturated heterocycles. The molecule has 6 N–H and O–H groups in total. The molecule has 2 atom stereocenters. The van der Waals surface area contributed by atoms with Crippen LogP contribution in [-0.2, 0) is 9.53 Å². The van der Waals surface area contributed by atoms with Crippen LogP contribution < -0.4 is 16.4 Å². The van der Waals surface area contributed by atoms with Gasteiger partial charge in [-0.05, 0) is 31.6 Å². The molecule has 3 amide bonds. The zero-order valence-corrected chi connectivity index (χ0v) is 22.0. The van der Waals surface area contributed by atoms with Gasteiger partial charge in [-0.15, -0.1) is 0 Å². The van der Waals surface area contributed by atoms with Crippen LogP contribution in [0.1, 0.15) is 19.2 Å². The fourth-order valence-electron chi connectivity index (χ4n) is 3.89. The standard InChI is InChI=1S/C26H31F3N8O3/c1-16(24(38)37-7-6-21(14-37)40-2)32-12-19(11-31)18(10-30)9-23-33-13-22(36-23)17-4-3-5-20(8-17)35-25(39)34-15-26(27,28)29/h3-5,8-13,16,21,30H,6-7,14-15,31H2,1-2H3,(H,33,36)(H2,34,35,39)/b18-9+,19-11?,30-10?,32-12?. The van der Waals surface area contributed by atoms with Gasteiger partial charge in [-0.2, -0.15) is 13.2 Å². The number of nitrogens with two attached hydrogens (primary N) is 1. The molecule has 1 aromatic carbocycles. The summed E-state index contributed by atoms with van der Waals surface area (Å²) in [5.74, 6) is 0.257. The van der Waals surface area contributed by atoms with Crippen molar-refractivity contribution in [2.75, 3.05) is 32.1 Å². The minimum Gasteiger partial charge on any atom is -0.404 e. The summed E-state index contributed by atoms with van der Waals surface area (Å²) in [4.78, 5) is 37.9. The fourth-order valence-corrected chi connectivity index (χ4v) is 3.89. The predicted molar refractivity (Wildman–Crippen MR) is 146 cm³/mol. The molecule has 3 rings (SSSR count). The molecule has 11 nitrogen and oxygen atoms in total. The van der Waals surface area contributed by atoms with Crippen LogP contribution >= 0.6 is 0 Å². The number of carbonyl (C=O) groups is 2. The van der Waals surface area contributed by atoms with Gasteiger partial charge in [0.1, 0.15) is 18.4 Å². The van der Waals surface area contributed by atoms with Gasteiger partial charge in [0.05, 0.1) is 18.0 Å². The molecule has 1 fully saturated rings. The van der Waals surface area contributed by atoms with Crippen LogP contribution in [0, 0.1) is 5.41 Å². The largest absolute Gasteiger partial charge is 0.405 e. The number of aromatic nitrogens is 2. The molecule has 40 heavy (non-hydrogen) atoms. The number of H-pyrrole nitrogens is 1. The third kappa shape index (κ3) is 8.53. The van der Waals surface area contributed by atoms with E-state index in [1.807, 2.05) is 0 Å². The van der Waals surface area contributed by atoms with Crippen molar-refractivity contribution in [2.45, 2.75) is 31.7 Å². The third-order valence-corrected chi connectivity index (χ3v) is 6.02. The summed E-state index contributed by atoms with van der Waals surface area (Å²) in [6.07, 6.45) is 3.17. The molecule has 2 heterocycles. The van der Waals surface area contributed by atoms with Crippen LogP contribution in [0.5, 0.6) is 0 Å². The number of rotatable bonds is 10. The van der Waals surface area contributed by atoms with Crippen LogP contribution in [0.2, 0.25) is 0 Å². The van der Waals surface area contributed by atoms with Gasteiger partial charge in [0.2, 0.25) is 5.91 Å². The second-order valence-electron chi connectivity index (χ2n) is 8.94. The number of carbonyl (C=O) groups excluding carboxylic acids is 2. The number of anilines is 1. The van der Waals surface area contributed by atoms with Crippen LogP contribution in [0.25, 0.3) is 17.3 Å². The maximum atomic E-state index is 12.7. The zero-order valence-electron chi connectivity index (χ0n) is 22.0. The lowest BCUT2D eigenvalue weighted by Crippen LogP contribution is -2.36. The Labute approximate surface area is 228 Å². The van der Waals surface area contributed by atoms with Crippen LogP contribution in [0.3, 0.4) is 0 Å².